The fraction of sp³-hybridized carbons (Fsp3) is 0.444. The van der Waals surface area contributed by atoms with Crippen molar-refractivity contribution in [2.24, 2.45) is 0 Å². The van der Waals surface area contributed by atoms with Crippen molar-refractivity contribution in [1.29, 1.82) is 0 Å². The first-order valence-corrected chi connectivity index (χ1v) is 12.3. The summed E-state index contributed by atoms with van der Waals surface area (Å²) in [6.07, 6.45) is -1.27. The molecule has 2 aromatic carbocycles. The summed E-state index contributed by atoms with van der Waals surface area (Å²) in [6, 6.07) is 10.5. The van der Waals surface area contributed by atoms with E-state index in [-0.39, 0.29) is 24.3 Å². The predicted octanol–water partition coefficient (Wildman–Crippen LogP) is 2.56. The van der Waals surface area contributed by atoms with Crippen molar-refractivity contribution in [3.05, 3.63) is 65.2 Å². The average Bonchev–Trinajstić information content (AvgIpc) is 3.20. The van der Waals surface area contributed by atoms with Gasteiger partial charge in [-0.15, -0.1) is 0 Å². The molecule has 1 aliphatic heterocycles. The summed E-state index contributed by atoms with van der Waals surface area (Å²) in [5.74, 6) is -5.81. The minimum absolute atomic E-state index is 0.0228. The summed E-state index contributed by atoms with van der Waals surface area (Å²) in [4.78, 5) is 39.7. The molecule has 1 aliphatic rings. The highest BCUT2D eigenvalue weighted by atomic mass is 19.3. The zero-order valence-electron chi connectivity index (χ0n) is 20.9. The second-order valence-electron chi connectivity index (χ2n) is 9.35. The number of alkyl halides is 2. The van der Waals surface area contributed by atoms with E-state index < -0.39 is 54.8 Å². The molecule has 1 heterocycles. The number of aromatic hydroxyl groups is 1. The third-order valence-corrected chi connectivity index (χ3v) is 6.48. The first-order valence-electron chi connectivity index (χ1n) is 12.3. The number of rotatable bonds is 10. The van der Waals surface area contributed by atoms with Gasteiger partial charge >= 0.3 is 0 Å². The van der Waals surface area contributed by atoms with Crippen molar-refractivity contribution in [3.63, 3.8) is 0 Å². The number of phenols is 1. The molecular formula is C27H33F2N3O5. The third kappa shape index (κ3) is 7.03. The van der Waals surface area contributed by atoms with Crippen LogP contribution in [0.25, 0.3) is 0 Å². The van der Waals surface area contributed by atoms with Gasteiger partial charge in [0.05, 0.1) is 12.6 Å². The molecule has 0 spiro atoms. The topological polar surface area (TPSA) is 119 Å². The van der Waals surface area contributed by atoms with E-state index in [2.05, 4.69) is 10.6 Å². The van der Waals surface area contributed by atoms with Crippen LogP contribution < -0.4 is 10.6 Å². The van der Waals surface area contributed by atoms with E-state index >= 15 is 0 Å². The number of amides is 3. The first-order chi connectivity index (χ1) is 17.5. The molecule has 37 heavy (non-hydrogen) atoms. The number of carbonyl (C=O) groups is 3. The number of benzene rings is 2. The highest BCUT2D eigenvalue weighted by molar-refractivity contribution is 5.97. The van der Waals surface area contributed by atoms with Crippen molar-refractivity contribution in [3.8, 4) is 5.75 Å². The molecule has 3 rings (SSSR count). The Balaban J connectivity index is 1.85. The number of aliphatic hydroxyl groups is 1. The molecule has 200 valence electrons. The first kappa shape index (κ1) is 28.0. The van der Waals surface area contributed by atoms with Gasteiger partial charge in [0.15, 0.2) is 6.10 Å². The number of carbonyl (C=O) groups excluding carboxylic acids is 3. The van der Waals surface area contributed by atoms with Crippen LogP contribution in [-0.4, -0.2) is 70.0 Å². The summed E-state index contributed by atoms with van der Waals surface area (Å²) in [6.45, 7) is 2.75. The Morgan fingerprint density at radius 2 is 1.84 bits per heavy atom. The van der Waals surface area contributed by atoms with E-state index in [0.717, 1.165) is 6.42 Å². The molecule has 0 aliphatic carbocycles. The normalized spacial score (nSPS) is 18.2. The summed E-state index contributed by atoms with van der Waals surface area (Å²) in [5, 5.41) is 26.2. The Bertz CT molecular complexity index is 1110. The molecule has 0 saturated carbocycles. The number of aliphatic hydroxyl groups excluding tert-OH is 1. The Labute approximate surface area is 214 Å². The molecular weight excluding hydrogens is 484 g/mol. The van der Waals surface area contributed by atoms with E-state index in [1.807, 2.05) is 6.92 Å². The Hall–Kier alpha value is -3.53. The molecule has 1 fully saturated rings. The maximum absolute atomic E-state index is 14.3. The Morgan fingerprint density at radius 3 is 2.51 bits per heavy atom. The van der Waals surface area contributed by atoms with Gasteiger partial charge < -0.3 is 25.7 Å². The van der Waals surface area contributed by atoms with Crippen LogP contribution >= 0.6 is 0 Å². The van der Waals surface area contributed by atoms with Crippen LogP contribution in [-0.2, 0) is 16.0 Å². The minimum atomic E-state index is -3.29. The number of likely N-dealkylation sites (tertiary alicyclic amines) is 1. The van der Waals surface area contributed by atoms with Gasteiger partial charge in [0.2, 0.25) is 5.91 Å². The fourth-order valence-electron chi connectivity index (χ4n) is 4.36. The lowest BCUT2D eigenvalue weighted by Crippen LogP contribution is -2.56. The van der Waals surface area contributed by atoms with Crippen LogP contribution in [0.15, 0.2) is 48.5 Å². The SMILES string of the molecule is CCCCNC(=O)C1CC(F)(F)CN1C(=O)C(O)C(Cc1ccccc1)NC(=O)c1cccc(O)c1C. The van der Waals surface area contributed by atoms with Gasteiger partial charge in [-0.1, -0.05) is 49.7 Å². The minimum Gasteiger partial charge on any atom is -0.508 e. The van der Waals surface area contributed by atoms with E-state index in [9.17, 15) is 33.4 Å². The number of nitrogens with one attached hydrogen (secondary N) is 2. The van der Waals surface area contributed by atoms with Crippen LogP contribution in [0.4, 0.5) is 8.78 Å². The van der Waals surface area contributed by atoms with Crippen LogP contribution in [0.3, 0.4) is 0 Å². The maximum atomic E-state index is 14.3. The van der Waals surface area contributed by atoms with E-state index in [0.29, 0.717) is 22.4 Å². The number of phenolic OH excluding ortho intramolecular Hbond substituents is 1. The monoisotopic (exact) mass is 517 g/mol. The van der Waals surface area contributed by atoms with Crippen molar-refractivity contribution >= 4 is 17.7 Å². The lowest BCUT2D eigenvalue weighted by molar-refractivity contribution is -0.147. The molecule has 8 nitrogen and oxygen atoms in total. The molecule has 1 saturated heterocycles. The zero-order chi connectivity index (χ0) is 27.2. The van der Waals surface area contributed by atoms with Crippen LogP contribution in [0.5, 0.6) is 5.75 Å². The van der Waals surface area contributed by atoms with Gasteiger partial charge in [-0.05, 0) is 37.5 Å². The molecule has 2 aromatic rings. The molecule has 3 amide bonds. The molecule has 4 N–H and O–H groups in total. The maximum Gasteiger partial charge on any atom is 0.267 e. The molecule has 0 bridgehead atoms. The van der Waals surface area contributed by atoms with Gasteiger partial charge in [0.25, 0.3) is 17.7 Å². The number of nitrogens with zero attached hydrogens (tertiary/aromatic N) is 1. The molecule has 10 heteroatoms. The Morgan fingerprint density at radius 1 is 1.14 bits per heavy atom. The summed E-state index contributed by atoms with van der Waals surface area (Å²) in [7, 11) is 0. The quantitative estimate of drug-likeness (QED) is 0.361. The van der Waals surface area contributed by atoms with Crippen LogP contribution in [0.2, 0.25) is 0 Å². The number of unbranched alkanes of at least 4 members (excludes halogenated alkanes) is 1. The van der Waals surface area contributed by atoms with Gasteiger partial charge in [-0.2, -0.15) is 0 Å². The van der Waals surface area contributed by atoms with Crippen LogP contribution in [0, 0.1) is 6.92 Å². The Kier molecular flexibility index (Phi) is 9.20. The summed E-state index contributed by atoms with van der Waals surface area (Å²) < 4.78 is 28.7. The van der Waals surface area contributed by atoms with E-state index in [1.54, 1.807) is 37.3 Å². The third-order valence-electron chi connectivity index (χ3n) is 6.48. The smallest absolute Gasteiger partial charge is 0.267 e. The second kappa shape index (κ2) is 12.1. The van der Waals surface area contributed by atoms with E-state index in [1.165, 1.54) is 18.2 Å². The van der Waals surface area contributed by atoms with Gasteiger partial charge in [-0.25, -0.2) is 8.78 Å². The molecule has 3 atom stereocenters. The fourth-order valence-corrected chi connectivity index (χ4v) is 4.36. The van der Waals surface area contributed by atoms with Gasteiger partial charge in [0, 0.05) is 24.1 Å². The van der Waals surface area contributed by atoms with Gasteiger partial charge in [0.1, 0.15) is 11.8 Å². The summed E-state index contributed by atoms with van der Waals surface area (Å²) >= 11 is 0. The number of hydrogen-bond donors (Lipinski definition) is 4. The van der Waals surface area contributed by atoms with E-state index in [4.69, 9.17) is 0 Å². The zero-order valence-corrected chi connectivity index (χ0v) is 20.9. The van der Waals surface area contributed by atoms with Gasteiger partial charge in [-0.3, -0.25) is 14.4 Å². The highest BCUT2D eigenvalue weighted by Gasteiger charge is 2.51. The van der Waals surface area contributed by atoms with Crippen LogP contribution in [0.1, 0.15) is 47.7 Å². The van der Waals surface area contributed by atoms with Crippen molar-refractivity contribution in [2.75, 3.05) is 13.1 Å². The number of hydrogen-bond acceptors (Lipinski definition) is 5. The highest BCUT2D eigenvalue weighted by Crippen LogP contribution is 2.33. The lowest BCUT2D eigenvalue weighted by Gasteiger charge is -2.30. The van der Waals surface area contributed by atoms with Crippen molar-refractivity contribution < 1.29 is 33.4 Å². The predicted molar refractivity (Wildman–Crippen MR) is 133 cm³/mol. The summed E-state index contributed by atoms with van der Waals surface area (Å²) in [5.41, 5.74) is 1.13. The lowest BCUT2D eigenvalue weighted by atomic mass is 9.98. The largest absolute Gasteiger partial charge is 0.508 e. The van der Waals surface area contributed by atoms with Crippen molar-refractivity contribution in [2.45, 2.75) is 63.6 Å². The number of halogens is 2. The standard InChI is InChI=1S/C27H33F2N3O5/c1-3-4-13-30-25(36)21-15-27(28,29)16-32(21)26(37)23(34)20(14-18-9-6-5-7-10-18)31-24(35)19-11-8-12-22(33)17(19)2/h5-12,20-21,23,33-34H,3-4,13-16H2,1-2H3,(H,30,36)(H,31,35). The molecule has 0 aromatic heterocycles. The average molecular weight is 518 g/mol. The molecule has 3 unspecified atom stereocenters. The van der Waals surface area contributed by atoms with Crippen molar-refractivity contribution in [1.82, 2.24) is 15.5 Å². The second-order valence-corrected chi connectivity index (χ2v) is 9.35. The molecule has 0 radical (unpaired) electrons.